The molecule has 3 aromatic carbocycles. The molecule has 10 nitrogen and oxygen atoms in total. The van der Waals surface area contributed by atoms with Crippen molar-refractivity contribution < 1.29 is 33.7 Å². The van der Waals surface area contributed by atoms with Gasteiger partial charge in [0.05, 0.1) is 11.6 Å². The van der Waals surface area contributed by atoms with Crippen LogP contribution in [-0.4, -0.2) is 51.4 Å². The molecule has 0 fully saturated rings. The van der Waals surface area contributed by atoms with Crippen LogP contribution in [0.15, 0.2) is 60.7 Å². The van der Waals surface area contributed by atoms with Crippen molar-refractivity contribution in [2.45, 2.75) is 77.4 Å². The predicted molar refractivity (Wildman–Crippen MR) is 169 cm³/mol. The van der Waals surface area contributed by atoms with Crippen molar-refractivity contribution in [3.8, 4) is 11.5 Å². The highest BCUT2D eigenvalue weighted by Gasteiger charge is 2.32. The Bertz CT molecular complexity index is 1700. The Balaban J connectivity index is 1.49. The number of rotatable bonds is 12. The van der Waals surface area contributed by atoms with Gasteiger partial charge < -0.3 is 29.6 Å². The molecule has 0 unspecified atom stereocenters. The SMILES string of the molecule is CCCCc1nc(C[C@H](C(=O)N[C@@H](Cc2cccc3ccccc23)C(=O)O)c2ccc3c(c2)OCO3)c(C(=O)OC(C)(C)C)[nH]1. The number of nitrogens with one attached hydrogen (secondary N) is 2. The number of H-pyrrole nitrogens is 1. The Labute approximate surface area is 262 Å². The zero-order valence-electron chi connectivity index (χ0n) is 26.0. The second-order valence-corrected chi connectivity index (χ2v) is 12.2. The number of aliphatic carboxylic acids is 1. The Kier molecular flexibility index (Phi) is 9.41. The van der Waals surface area contributed by atoms with Crippen molar-refractivity contribution in [3.63, 3.8) is 0 Å². The molecule has 10 heteroatoms. The predicted octanol–water partition coefficient (Wildman–Crippen LogP) is 5.73. The van der Waals surface area contributed by atoms with Crippen molar-refractivity contribution >= 4 is 28.6 Å². The molecule has 1 aliphatic rings. The number of nitrogens with zero attached hydrogens (tertiary/aromatic N) is 1. The van der Waals surface area contributed by atoms with Gasteiger partial charge in [-0.3, -0.25) is 4.79 Å². The summed E-state index contributed by atoms with van der Waals surface area (Å²) in [4.78, 5) is 47.7. The van der Waals surface area contributed by atoms with Crippen LogP contribution in [0.5, 0.6) is 11.5 Å². The van der Waals surface area contributed by atoms with Gasteiger partial charge in [-0.25, -0.2) is 14.6 Å². The van der Waals surface area contributed by atoms with E-state index in [1.807, 2.05) is 42.5 Å². The summed E-state index contributed by atoms with van der Waals surface area (Å²) < 4.78 is 16.7. The molecule has 0 saturated carbocycles. The van der Waals surface area contributed by atoms with E-state index in [1.54, 1.807) is 39.0 Å². The van der Waals surface area contributed by atoms with Crippen LogP contribution in [0.2, 0.25) is 0 Å². The van der Waals surface area contributed by atoms with Gasteiger partial charge in [-0.2, -0.15) is 0 Å². The molecule has 2 heterocycles. The summed E-state index contributed by atoms with van der Waals surface area (Å²) in [7, 11) is 0. The van der Waals surface area contributed by atoms with E-state index in [-0.39, 0.29) is 25.3 Å². The highest BCUT2D eigenvalue weighted by Crippen LogP contribution is 2.36. The number of carboxylic acids is 1. The maximum atomic E-state index is 14.1. The lowest BCUT2D eigenvalue weighted by Gasteiger charge is -2.22. The highest BCUT2D eigenvalue weighted by atomic mass is 16.7. The molecule has 1 aliphatic heterocycles. The number of hydrogen-bond donors (Lipinski definition) is 3. The summed E-state index contributed by atoms with van der Waals surface area (Å²) in [5, 5.41) is 14.9. The van der Waals surface area contributed by atoms with Gasteiger partial charge in [0.15, 0.2) is 11.5 Å². The first-order chi connectivity index (χ1) is 21.5. The second kappa shape index (κ2) is 13.4. The van der Waals surface area contributed by atoms with Gasteiger partial charge in [-0.15, -0.1) is 0 Å². The maximum Gasteiger partial charge on any atom is 0.357 e. The van der Waals surface area contributed by atoms with Gasteiger partial charge in [-0.1, -0.05) is 61.9 Å². The Morgan fingerprint density at radius 2 is 1.78 bits per heavy atom. The van der Waals surface area contributed by atoms with Gasteiger partial charge in [0.25, 0.3) is 0 Å². The van der Waals surface area contributed by atoms with Gasteiger partial charge in [-0.05, 0) is 61.2 Å². The topological polar surface area (TPSA) is 140 Å². The van der Waals surface area contributed by atoms with Crippen LogP contribution in [0.1, 0.15) is 79.6 Å². The van der Waals surface area contributed by atoms with Crippen LogP contribution >= 0.6 is 0 Å². The third-order valence-corrected chi connectivity index (χ3v) is 7.63. The molecule has 45 heavy (non-hydrogen) atoms. The van der Waals surface area contributed by atoms with E-state index < -0.39 is 35.4 Å². The number of carboxylic acid groups (broad SMARTS) is 1. The molecule has 5 rings (SSSR count). The third kappa shape index (κ3) is 7.63. The first-order valence-electron chi connectivity index (χ1n) is 15.2. The molecule has 0 bridgehead atoms. The Morgan fingerprint density at radius 1 is 1.02 bits per heavy atom. The fourth-order valence-electron chi connectivity index (χ4n) is 5.42. The van der Waals surface area contributed by atoms with Gasteiger partial charge >= 0.3 is 11.9 Å². The number of carbonyl (C=O) groups is 3. The first kappa shape index (κ1) is 31.6. The van der Waals surface area contributed by atoms with Crippen LogP contribution in [0.25, 0.3) is 10.8 Å². The summed E-state index contributed by atoms with van der Waals surface area (Å²) in [6.07, 6.45) is 2.53. The van der Waals surface area contributed by atoms with Crippen molar-refractivity contribution in [1.29, 1.82) is 0 Å². The third-order valence-electron chi connectivity index (χ3n) is 7.63. The molecular formula is C35H39N3O7. The normalized spacial score (nSPS) is 13.8. The molecule has 2 atom stereocenters. The molecule has 0 aliphatic carbocycles. The number of amides is 1. The summed E-state index contributed by atoms with van der Waals surface area (Å²) >= 11 is 0. The minimum atomic E-state index is -1.20. The van der Waals surface area contributed by atoms with Crippen LogP contribution in [-0.2, 0) is 33.6 Å². The molecule has 3 N–H and O–H groups in total. The lowest BCUT2D eigenvalue weighted by Crippen LogP contribution is -2.44. The smallest absolute Gasteiger partial charge is 0.357 e. The lowest BCUT2D eigenvalue weighted by molar-refractivity contribution is -0.142. The van der Waals surface area contributed by atoms with Gasteiger partial charge in [0.1, 0.15) is 23.2 Å². The lowest BCUT2D eigenvalue weighted by atomic mass is 9.91. The second-order valence-electron chi connectivity index (χ2n) is 12.2. The quantitative estimate of drug-likeness (QED) is 0.172. The van der Waals surface area contributed by atoms with E-state index in [0.29, 0.717) is 35.0 Å². The summed E-state index contributed by atoms with van der Waals surface area (Å²) in [6, 6.07) is 17.4. The number of aromatic nitrogens is 2. The fraction of sp³-hybridized carbons (Fsp3) is 0.371. The van der Waals surface area contributed by atoms with Gasteiger partial charge in [0, 0.05) is 19.3 Å². The van der Waals surface area contributed by atoms with E-state index in [9.17, 15) is 19.5 Å². The monoisotopic (exact) mass is 613 g/mol. The standard InChI is InChI=1S/C35H39N3O7/c1-5-6-14-30-36-26(31(38-30)34(42)45-35(2,3)4)19-25(23-15-16-28-29(18-23)44-20-43-28)32(39)37-27(33(40)41)17-22-12-9-11-21-10-7-8-13-24(21)22/h7-13,15-16,18,25,27H,5-6,14,17,19-20H2,1-4H3,(H,36,38)(H,37,39)(H,40,41)/t25-,27-/m0/s1. The minimum Gasteiger partial charge on any atom is -0.480 e. The number of unbranched alkanes of at least 4 members (excludes halogenated alkanes) is 1. The number of aromatic amines is 1. The number of aryl methyl sites for hydroxylation is 1. The van der Waals surface area contributed by atoms with E-state index in [1.165, 1.54) is 0 Å². The van der Waals surface area contributed by atoms with Crippen LogP contribution < -0.4 is 14.8 Å². The van der Waals surface area contributed by atoms with Crippen molar-refractivity contribution in [2.75, 3.05) is 6.79 Å². The van der Waals surface area contributed by atoms with Crippen molar-refractivity contribution in [1.82, 2.24) is 15.3 Å². The summed E-state index contributed by atoms with van der Waals surface area (Å²) in [5.41, 5.74) is 1.18. The average Bonchev–Trinajstić information content (AvgIpc) is 3.64. The van der Waals surface area contributed by atoms with Crippen LogP contribution in [0.4, 0.5) is 0 Å². The van der Waals surface area contributed by atoms with E-state index >= 15 is 0 Å². The van der Waals surface area contributed by atoms with Gasteiger partial charge in [0.2, 0.25) is 12.7 Å². The largest absolute Gasteiger partial charge is 0.480 e. The summed E-state index contributed by atoms with van der Waals surface area (Å²) in [5.74, 6) is -1.50. The molecule has 0 saturated heterocycles. The summed E-state index contributed by atoms with van der Waals surface area (Å²) in [6.45, 7) is 7.47. The number of hydrogen-bond acceptors (Lipinski definition) is 7. The van der Waals surface area contributed by atoms with Crippen molar-refractivity contribution in [3.05, 3.63) is 89.0 Å². The Morgan fingerprint density at radius 3 is 2.53 bits per heavy atom. The molecule has 1 amide bonds. The molecule has 0 spiro atoms. The Hall–Kier alpha value is -4.86. The van der Waals surface area contributed by atoms with E-state index in [0.717, 1.165) is 29.2 Å². The number of esters is 1. The fourth-order valence-corrected chi connectivity index (χ4v) is 5.42. The highest BCUT2D eigenvalue weighted by molar-refractivity contribution is 5.92. The zero-order valence-corrected chi connectivity index (χ0v) is 26.0. The van der Waals surface area contributed by atoms with Crippen molar-refractivity contribution in [2.24, 2.45) is 0 Å². The minimum absolute atomic E-state index is 0.0171. The van der Waals surface area contributed by atoms with E-state index in [4.69, 9.17) is 19.2 Å². The first-order valence-corrected chi connectivity index (χ1v) is 15.2. The number of carbonyl (C=O) groups excluding carboxylic acids is 2. The molecule has 4 aromatic rings. The molecular weight excluding hydrogens is 574 g/mol. The molecule has 236 valence electrons. The average molecular weight is 614 g/mol. The molecule has 0 radical (unpaired) electrons. The van der Waals surface area contributed by atoms with Crippen LogP contribution in [0.3, 0.4) is 0 Å². The van der Waals surface area contributed by atoms with Crippen LogP contribution in [0, 0.1) is 0 Å². The molecule has 1 aromatic heterocycles. The number of benzene rings is 3. The maximum absolute atomic E-state index is 14.1. The number of ether oxygens (including phenoxy) is 3. The number of imidazole rings is 1. The number of fused-ring (bicyclic) bond motifs is 2. The van der Waals surface area contributed by atoms with E-state index in [2.05, 4.69) is 17.2 Å². The zero-order chi connectivity index (χ0) is 32.1.